The van der Waals surface area contributed by atoms with E-state index in [1.807, 2.05) is 12.1 Å². The van der Waals surface area contributed by atoms with Crippen molar-refractivity contribution < 1.29 is 9.47 Å². The third-order valence-corrected chi connectivity index (χ3v) is 3.62. The van der Waals surface area contributed by atoms with Crippen LogP contribution in [0.5, 0.6) is 11.5 Å². The number of ether oxygens (including phenoxy) is 2. The van der Waals surface area contributed by atoms with Gasteiger partial charge < -0.3 is 14.8 Å². The van der Waals surface area contributed by atoms with E-state index in [9.17, 15) is 0 Å². The fraction of sp³-hybridized carbons (Fsp3) is 0.368. The van der Waals surface area contributed by atoms with Crippen molar-refractivity contribution in [3.8, 4) is 11.5 Å². The molecule has 3 heteroatoms. The van der Waals surface area contributed by atoms with Gasteiger partial charge >= 0.3 is 0 Å². The zero-order valence-corrected chi connectivity index (χ0v) is 13.7. The second-order valence-corrected chi connectivity index (χ2v) is 5.45. The Bertz CT molecular complexity index is 575. The zero-order chi connectivity index (χ0) is 15.8. The van der Waals surface area contributed by atoms with Gasteiger partial charge in [0.15, 0.2) is 0 Å². The van der Waals surface area contributed by atoms with Gasteiger partial charge in [-0.05, 0) is 55.6 Å². The van der Waals surface area contributed by atoms with Crippen LogP contribution < -0.4 is 14.8 Å². The topological polar surface area (TPSA) is 30.5 Å². The average molecular weight is 299 g/mol. The Morgan fingerprint density at radius 2 is 1.73 bits per heavy atom. The van der Waals surface area contributed by atoms with Crippen molar-refractivity contribution in [2.75, 3.05) is 20.3 Å². The largest absolute Gasteiger partial charge is 0.497 e. The first-order valence-corrected chi connectivity index (χ1v) is 7.73. The van der Waals surface area contributed by atoms with Gasteiger partial charge in [0.2, 0.25) is 0 Å². The number of hydrogen-bond donors (Lipinski definition) is 1. The maximum Gasteiger partial charge on any atom is 0.125 e. The van der Waals surface area contributed by atoms with Gasteiger partial charge in [0, 0.05) is 6.54 Å². The number of aryl methyl sites for hydroxylation is 2. The fourth-order valence-electron chi connectivity index (χ4n) is 2.41. The second-order valence-electron chi connectivity index (χ2n) is 5.45. The van der Waals surface area contributed by atoms with Crippen LogP contribution in [0.2, 0.25) is 0 Å². The molecule has 0 amide bonds. The van der Waals surface area contributed by atoms with Gasteiger partial charge in [-0.2, -0.15) is 0 Å². The molecule has 2 aromatic rings. The van der Waals surface area contributed by atoms with Gasteiger partial charge in [0.25, 0.3) is 0 Å². The molecule has 0 bridgehead atoms. The number of para-hydroxylation sites is 1. The van der Waals surface area contributed by atoms with Crippen molar-refractivity contribution >= 4 is 0 Å². The summed E-state index contributed by atoms with van der Waals surface area (Å²) < 4.78 is 11.1. The maximum absolute atomic E-state index is 5.90. The lowest BCUT2D eigenvalue weighted by Crippen LogP contribution is -2.17. The highest BCUT2D eigenvalue weighted by molar-refractivity contribution is 5.39. The van der Waals surface area contributed by atoms with Crippen LogP contribution in [0.1, 0.15) is 23.1 Å². The summed E-state index contributed by atoms with van der Waals surface area (Å²) >= 11 is 0. The molecule has 0 aliphatic carbocycles. The molecule has 0 saturated heterocycles. The van der Waals surface area contributed by atoms with Crippen molar-refractivity contribution in [1.82, 2.24) is 5.32 Å². The lowest BCUT2D eigenvalue weighted by atomic mass is 10.1. The Labute approximate surface area is 133 Å². The Balaban J connectivity index is 1.67. The SMILES string of the molecule is COc1cccc(CNCCCOc2c(C)cccc2C)c1. The van der Waals surface area contributed by atoms with Gasteiger partial charge in [-0.25, -0.2) is 0 Å². The van der Waals surface area contributed by atoms with E-state index in [1.54, 1.807) is 7.11 Å². The predicted molar refractivity (Wildman–Crippen MR) is 90.7 cm³/mol. The minimum atomic E-state index is 0.733. The molecule has 22 heavy (non-hydrogen) atoms. The highest BCUT2D eigenvalue weighted by atomic mass is 16.5. The molecule has 2 rings (SSSR count). The molecular formula is C19H25NO2. The molecule has 0 radical (unpaired) electrons. The van der Waals surface area contributed by atoms with E-state index >= 15 is 0 Å². The van der Waals surface area contributed by atoms with Crippen LogP contribution >= 0.6 is 0 Å². The van der Waals surface area contributed by atoms with Crippen LogP contribution in [-0.4, -0.2) is 20.3 Å². The van der Waals surface area contributed by atoms with Crippen LogP contribution in [0.15, 0.2) is 42.5 Å². The normalized spacial score (nSPS) is 10.5. The van der Waals surface area contributed by atoms with E-state index < -0.39 is 0 Å². The molecule has 0 atom stereocenters. The number of hydrogen-bond acceptors (Lipinski definition) is 3. The molecule has 2 aromatic carbocycles. The average Bonchev–Trinajstić information content (AvgIpc) is 2.53. The van der Waals surface area contributed by atoms with Crippen LogP contribution in [0.3, 0.4) is 0 Å². The van der Waals surface area contributed by atoms with Gasteiger partial charge in [-0.3, -0.25) is 0 Å². The van der Waals surface area contributed by atoms with Gasteiger partial charge in [-0.1, -0.05) is 30.3 Å². The van der Waals surface area contributed by atoms with Crippen LogP contribution in [-0.2, 0) is 6.54 Å². The van der Waals surface area contributed by atoms with Crippen LogP contribution in [0.4, 0.5) is 0 Å². The summed E-state index contributed by atoms with van der Waals surface area (Å²) in [6, 6.07) is 14.4. The standard InChI is InChI=1S/C19H25NO2/c1-15-7-4-8-16(2)19(15)22-12-6-11-20-14-17-9-5-10-18(13-17)21-3/h4-5,7-10,13,20H,6,11-12,14H2,1-3H3. The monoisotopic (exact) mass is 299 g/mol. The van der Waals surface area contributed by atoms with Crippen molar-refractivity contribution in [2.45, 2.75) is 26.8 Å². The van der Waals surface area contributed by atoms with E-state index in [4.69, 9.17) is 9.47 Å². The van der Waals surface area contributed by atoms with Crippen molar-refractivity contribution in [2.24, 2.45) is 0 Å². The summed E-state index contributed by atoms with van der Waals surface area (Å²) in [6.07, 6.45) is 0.984. The Morgan fingerprint density at radius 3 is 2.45 bits per heavy atom. The van der Waals surface area contributed by atoms with E-state index in [0.717, 1.165) is 37.6 Å². The summed E-state index contributed by atoms with van der Waals surface area (Å²) in [5.41, 5.74) is 3.63. The summed E-state index contributed by atoms with van der Waals surface area (Å²) in [5.74, 6) is 1.92. The summed E-state index contributed by atoms with van der Waals surface area (Å²) in [7, 11) is 1.69. The van der Waals surface area contributed by atoms with E-state index in [-0.39, 0.29) is 0 Å². The Kier molecular flexibility index (Phi) is 6.28. The molecule has 0 aliphatic rings. The highest BCUT2D eigenvalue weighted by Crippen LogP contribution is 2.22. The van der Waals surface area contributed by atoms with Crippen LogP contribution in [0, 0.1) is 13.8 Å². The van der Waals surface area contributed by atoms with E-state index in [2.05, 4.69) is 49.5 Å². The molecule has 3 nitrogen and oxygen atoms in total. The summed E-state index contributed by atoms with van der Waals surface area (Å²) in [5, 5.41) is 3.43. The summed E-state index contributed by atoms with van der Waals surface area (Å²) in [6.45, 7) is 6.69. The molecule has 118 valence electrons. The first-order valence-electron chi connectivity index (χ1n) is 7.73. The van der Waals surface area contributed by atoms with E-state index in [1.165, 1.54) is 16.7 Å². The number of methoxy groups -OCH3 is 1. The molecule has 0 heterocycles. The number of rotatable bonds is 8. The van der Waals surface area contributed by atoms with Gasteiger partial charge in [0.1, 0.15) is 11.5 Å². The molecular weight excluding hydrogens is 274 g/mol. The second kappa shape index (κ2) is 8.44. The number of benzene rings is 2. The molecule has 0 aromatic heterocycles. The van der Waals surface area contributed by atoms with Gasteiger partial charge in [0.05, 0.1) is 13.7 Å². The third-order valence-electron chi connectivity index (χ3n) is 3.62. The lowest BCUT2D eigenvalue weighted by molar-refractivity contribution is 0.304. The maximum atomic E-state index is 5.90. The predicted octanol–water partition coefficient (Wildman–Crippen LogP) is 3.87. The Morgan fingerprint density at radius 1 is 1.00 bits per heavy atom. The number of nitrogens with one attached hydrogen (secondary N) is 1. The molecule has 0 spiro atoms. The fourth-order valence-corrected chi connectivity index (χ4v) is 2.41. The first kappa shape index (κ1) is 16.4. The molecule has 0 aliphatic heterocycles. The minimum absolute atomic E-state index is 0.733. The quantitative estimate of drug-likeness (QED) is 0.751. The minimum Gasteiger partial charge on any atom is -0.497 e. The van der Waals surface area contributed by atoms with Gasteiger partial charge in [-0.15, -0.1) is 0 Å². The van der Waals surface area contributed by atoms with Crippen molar-refractivity contribution in [3.63, 3.8) is 0 Å². The molecule has 0 saturated carbocycles. The molecule has 0 unspecified atom stereocenters. The molecule has 0 fully saturated rings. The summed E-state index contributed by atoms with van der Waals surface area (Å²) in [4.78, 5) is 0. The van der Waals surface area contributed by atoms with Crippen LogP contribution in [0.25, 0.3) is 0 Å². The first-order chi connectivity index (χ1) is 10.7. The highest BCUT2D eigenvalue weighted by Gasteiger charge is 2.02. The van der Waals surface area contributed by atoms with Crippen molar-refractivity contribution in [1.29, 1.82) is 0 Å². The Hall–Kier alpha value is -2.00. The smallest absolute Gasteiger partial charge is 0.125 e. The molecule has 1 N–H and O–H groups in total. The zero-order valence-electron chi connectivity index (χ0n) is 13.7. The van der Waals surface area contributed by atoms with Crippen molar-refractivity contribution in [3.05, 3.63) is 59.2 Å². The lowest BCUT2D eigenvalue weighted by Gasteiger charge is -2.12. The third kappa shape index (κ3) is 4.78. The van der Waals surface area contributed by atoms with E-state index in [0.29, 0.717) is 0 Å².